The summed E-state index contributed by atoms with van der Waals surface area (Å²) in [6, 6.07) is 16.8. The zero-order valence-electron chi connectivity index (χ0n) is 16.8. The molecule has 0 aromatic heterocycles. The molecule has 0 spiro atoms. The fourth-order valence-electron chi connectivity index (χ4n) is 4.93. The Bertz CT molecular complexity index is 940. The smallest absolute Gasteiger partial charge is 0.229 e. The first-order valence-electron chi connectivity index (χ1n) is 10.6. The van der Waals surface area contributed by atoms with E-state index < -0.39 is 0 Å². The van der Waals surface area contributed by atoms with E-state index in [1.165, 1.54) is 22.4 Å². The molecule has 0 saturated carbocycles. The van der Waals surface area contributed by atoms with E-state index >= 15 is 0 Å². The lowest BCUT2D eigenvalue weighted by molar-refractivity contribution is -0.132. The van der Waals surface area contributed by atoms with Gasteiger partial charge in [-0.25, -0.2) is 0 Å². The maximum Gasteiger partial charge on any atom is 0.229 e. The van der Waals surface area contributed by atoms with Gasteiger partial charge in [0, 0.05) is 12.2 Å². The largest absolute Gasteiger partial charge is 0.338 e. The Morgan fingerprint density at radius 2 is 1.93 bits per heavy atom. The zero-order chi connectivity index (χ0) is 19.8. The third-order valence-corrected chi connectivity index (χ3v) is 6.53. The summed E-state index contributed by atoms with van der Waals surface area (Å²) in [5.41, 5.74) is 5.04. The maximum absolute atomic E-state index is 13.1. The minimum atomic E-state index is -0.168. The van der Waals surface area contributed by atoms with Crippen LogP contribution in [0.3, 0.4) is 0 Å². The first kappa shape index (κ1) is 18.4. The molecule has 1 amide bonds. The second-order valence-electron chi connectivity index (χ2n) is 8.28. The molecule has 5 rings (SSSR count). The lowest BCUT2D eigenvalue weighted by atomic mass is 9.81. The Labute approximate surface area is 172 Å². The molecule has 5 nitrogen and oxygen atoms in total. The van der Waals surface area contributed by atoms with Crippen LogP contribution in [0.1, 0.15) is 23.1 Å². The molecule has 150 valence electrons. The molecular weight excluding hydrogens is 360 g/mol. The normalized spacial score (nSPS) is 28.9. The number of carbonyl (C=O) groups excluding carboxylic acids is 1. The van der Waals surface area contributed by atoms with Crippen LogP contribution in [0.4, 0.5) is 5.69 Å². The number of nitrogens with zero attached hydrogens (tertiary/aromatic N) is 1. The Morgan fingerprint density at radius 1 is 1.10 bits per heavy atom. The minimum absolute atomic E-state index is 0.0122. The second kappa shape index (κ2) is 7.65. The summed E-state index contributed by atoms with van der Waals surface area (Å²) < 4.78 is 0. The summed E-state index contributed by atoms with van der Waals surface area (Å²) in [7, 11) is 0. The van der Waals surface area contributed by atoms with Crippen LogP contribution in [0.25, 0.3) is 6.08 Å². The van der Waals surface area contributed by atoms with Crippen molar-refractivity contribution in [1.29, 1.82) is 0 Å². The quantitative estimate of drug-likeness (QED) is 0.757. The van der Waals surface area contributed by atoms with Gasteiger partial charge in [-0.2, -0.15) is 0 Å². The van der Waals surface area contributed by atoms with E-state index in [1.807, 2.05) is 0 Å². The summed E-state index contributed by atoms with van der Waals surface area (Å²) in [4.78, 5) is 15.4. The van der Waals surface area contributed by atoms with E-state index in [0.29, 0.717) is 0 Å². The number of rotatable bonds is 3. The fraction of sp³-hybridized carbons (Fsp3) is 0.375. The van der Waals surface area contributed by atoms with Crippen LogP contribution in [0, 0.1) is 18.8 Å². The molecule has 5 heteroatoms. The van der Waals surface area contributed by atoms with Crippen molar-refractivity contribution in [3.05, 3.63) is 71.3 Å². The summed E-state index contributed by atoms with van der Waals surface area (Å²) in [6.07, 6.45) is 6.22. The van der Waals surface area contributed by atoms with Crippen LogP contribution in [-0.2, 0) is 11.2 Å². The molecule has 3 aliphatic heterocycles. The Hall–Kier alpha value is -2.63. The van der Waals surface area contributed by atoms with E-state index in [2.05, 4.69) is 88.5 Å². The standard InChI is InChI=1S/C24H28N4O/c1-16-6-2-3-7-17(16)10-11-19-12-14-25-22-21(19)23(29)27-24(26-22)28-15-13-18-8-4-5-9-20(18)28/h2-11,19,21-22,24-26H,12-15H2,1H3,(H,27,29)/b11-10+. The van der Waals surface area contributed by atoms with Crippen LogP contribution in [0.2, 0.25) is 0 Å². The van der Waals surface area contributed by atoms with Crippen LogP contribution < -0.4 is 20.9 Å². The molecule has 0 radical (unpaired) electrons. The molecule has 3 aliphatic rings. The van der Waals surface area contributed by atoms with Gasteiger partial charge in [0.25, 0.3) is 0 Å². The van der Waals surface area contributed by atoms with Crippen LogP contribution in [0.5, 0.6) is 0 Å². The lowest BCUT2D eigenvalue weighted by Crippen LogP contribution is -2.72. The van der Waals surface area contributed by atoms with Crippen molar-refractivity contribution in [1.82, 2.24) is 16.0 Å². The van der Waals surface area contributed by atoms with Gasteiger partial charge in [0.1, 0.15) is 0 Å². The van der Waals surface area contributed by atoms with Gasteiger partial charge in [0.05, 0.1) is 12.1 Å². The van der Waals surface area contributed by atoms with Crippen molar-refractivity contribution in [3.63, 3.8) is 0 Å². The topological polar surface area (TPSA) is 56.4 Å². The molecular formula is C24H28N4O. The van der Waals surface area contributed by atoms with Crippen LogP contribution in [0.15, 0.2) is 54.6 Å². The molecule has 2 aromatic carbocycles. The number of amides is 1. The average molecular weight is 389 g/mol. The van der Waals surface area contributed by atoms with Gasteiger partial charge in [0.2, 0.25) is 5.91 Å². The van der Waals surface area contributed by atoms with Crippen molar-refractivity contribution < 1.29 is 4.79 Å². The highest BCUT2D eigenvalue weighted by molar-refractivity contribution is 5.82. The number of carbonyl (C=O) groups is 1. The van der Waals surface area contributed by atoms with E-state index in [0.717, 1.165) is 25.9 Å². The van der Waals surface area contributed by atoms with Crippen molar-refractivity contribution in [2.45, 2.75) is 32.2 Å². The van der Waals surface area contributed by atoms with Gasteiger partial charge in [-0.05, 0) is 55.0 Å². The zero-order valence-corrected chi connectivity index (χ0v) is 16.8. The number of hydrogen-bond acceptors (Lipinski definition) is 4. The minimum Gasteiger partial charge on any atom is -0.338 e. The van der Waals surface area contributed by atoms with Gasteiger partial charge in [0.15, 0.2) is 6.29 Å². The predicted octanol–water partition coefficient (Wildman–Crippen LogP) is 2.63. The van der Waals surface area contributed by atoms with Gasteiger partial charge in [-0.3, -0.25) is 10.1 Å². The molecule has 2 saturated heterocycles. The third-order valence-electron chi connectivity index (χ3n) is 6.53. The number of benzene rings is 2. The van der Waals surface area contributed by atoms with E-state index in [1.54, 1.807) is 0 Å². The monoisotopic (exact) mass is 388 g/mol. The number of aryl methyl sites for hydroxylation is 1. The third kappa shape index (κ3) is 3.45. The van der Waals surface area contributed by atoms with E-state index in [4.69, 9.17) is 0 Å². The summed E-state index contributed by atoms with van der Waals surface area (Å²) >= 11 is 0. The van der Waals surface area contributed by atoms with Crippen molar-refractivity contribution in [2.75, 3.05) is 18.0 Å². The molecule has 0 aliphatic carbocycles. The number of nitrogens with one attached hydrogen (secondary N) is 3. The highest BCUT2D eigenvalue weighted by atomic mass is 16.2. The number of anilines is 1. The molecule has 3 N–H and O–H groups in total. The summed E-state index contributed by atoms with van der Waals surface area (Å²) in [6.45, 7) is 3.96. The van der Waals surface area contributed by atoms with Crippen molar-refractivity contribution >= 4 is 17.7 Å². The molecule has 3 heterocycles. The molecule has 4 atom stereocenters. The number of hydrogen-bond donors (Lipinski definition) is 3. The average Bonchev–Trinajstić information content (AvgIpc) is 3.17. The van der Waals surface area contributed by atoms with E-state index in [-0.39, 0.29) is 30.2 Å². The van der Waals surface area contributed by atoms with Gasteiger partial charge in [-0.1, -0.05) is 54.6 Å². The lowest BCUT2D eigenvalue weighted by Gasteiger charge is -2.46. The molecule has 4 unspecified atom stereocenters. The first-order valence-corrected chi connectivity index (χ1v) is 10.6. The van der Waals surface area contributed by atoms with Gasteiger partial charge >= 0.3 is 0 Å². The number of para-hydroxylation sites is 1. The molecule has 2 fully saturated rings. The number of piperidine rings is 1. The second-order valence-corrected chi connectivity index (χ2v) is 8.28. The van der Waals surface area contributed by atoms with Crippen LogP contribution >= 0.6 is 0 Å². The number of allylic oxidation sites excluding steroid dienone is 1. The summed E-state index contributed by atoms with van der Waals surface area (Å²) in [5, 5.41) is 10.4. The molecule has 29 heavy (non-hydrogen) atoms. The fourth-order valence-corrected chi connectivity index (χ4v) is 4.93. The van der Waals surface area contributed by atoms with Crippen molar-refractivity contribution in [3.8, 4) is 0 Å². The highest BCUT2D eigenvalue weighted by Crippen LogP contribution is 2.32. The van der Waals surface area contributed by atoms with Gasteiger partial charge < -0.3 is 15.5 Å². The predicted molar refractivity (Wildman–Crippen MR) is 116 cm³/mol. The summed E-state index contributed by atoms with van der Waals surface area (Å²) in [5.74, 6) is 0.257. The van der Waals surface area contributed by atoms with Gasteiger partial charge in [-0.15, -0.1) is 0 Å². The number of fused-ring (bicyclic) bond motifs is 2. The highest BCUT2D eigenvalue weighted by Gasteiger charge is 2.44. The SMILES string of the molecule is Cc1ccccc1/C=C/C1CCNC2NC(N3CCc4ccccc43)NC(=O)C12. The van der Waals surface area contributed by atoms with Crippen LogP contribution in [-0.4, -0.2) is 31.5 Å². The first-order chi connectivity index (χ1) is 14.2. The Balaban J connectivity index is 1.33. The Morgan fingerprint density at radius 3 is 2.83 bits per heavy atom. The van der Waals surface area contributed by atoms with Crippen molar-refractivity contribution in [2.24, 2.45) is 11.8 Å². The Kier molecular flexibility index (Phi) is 4.86. The van der Waals surface area contributed by atoms with E-state index in [9.17, 15) is 4.79 Å². The molecule has 0 bridgehead atoms. The molecule has 2 aromatic rings. The maximum atomic E-state index is 13.1.